The van der Waals surface area contributed by atoms with E-state index in [1.165, 1.54) is 57.8 Å². The molecule has 0 N–H and O–H groups in total. The van der Waals surface area contributed by atoms with Crippen LogP contribution in [0.3, 0.4) is 0 Å². The Bertz CT molecular complexity index is 550. The summed E-state index contributed by atoms with van der Waals surface area (Å²) in [5, 5.41) is 0. The van der Waals surface area contributed by atoms with Gasteiger partial charge >= 0.3 is 11.8 Å². The topological polar surface area (TPSA) is 0 Å². The van der Waals surface area contributed by atoms with E-state index in [1.807, 2.05) is 0 Å². The fourth-order valence-electron chi connectivity index (χ4n) is 7.63. The lowest BCUT2D eigenvalue weighted by Gasteiger charge is -2.44. The molecule has 0 heterocycles. The van der Waals surface area contributed by atoms with Crippen LogP contribution in [0.2, 0.25) is 0 Å². The summed E-state index contributed by atoms with van der Waals surface area (Å²) >= 11 is 0. The molecule has 3 aliphatic carbocycles. The van der Waals surface area contributed by atoms with E-state index in [0.29, 0.717) is 30.6 Å². The summed E-state index contributed by atoms with van der Waals surface area (Å²) in [6, 6.07) is 0. The Morgan fingerprint density at radius 1 is 0.471 bits per heavy atom. The predicted octanol–water partition coefficient (Wildman–Crippen LogP) is 10.8. The summed E-state index contributed by atoms with van der Waals surface area (Å²) in [6.45, 7) is 4.40. The molecule has 0 nitrogen and oxygen atoms in total. The van der Waals surface area contributed by atoms with Crippen LogP contribution in [0.15, 0.2) is 0 Å². The second kappa shape index (κ2) is 13.3. The summed E-state index contributed by atoms with van der Waals surface area (Å²) < 4.78 is 60.8. The fraction of sp³-hybridized carbons (Fsp3) is 1.00. The lowest BCUT2D eigenvalue weighted by Crippen LogP contribution is -2.52. The molecule has 0 unspecified atom stereocenters. The Balaban J connectivity index is 1.43. The first kappa shape index (κ1) is 28.3. The molecule has 0 aromatic rings. The van der Waals surface area contributed by atoms with Crippen molar-refractivity contribution in [3.8, 4) is 0 Å². The van der Waals surface area contributed by atoms with Gasteiger partial charge in [0, 0.05) is 11.8 Å². The molecule has 0 atom stereocenters. The van der Waals surface area contributed by atoms with Gasteiger partial charge in [-0.2, -0.15) is 17.6 Å². The van der Waals surface area contributed by atoms with E-state index in [2.05, 4.69) is 13.8 Å². The molecular formula is C30H52F4. The van der Waals surface area contributed by atoms with Crippen molar-refractivity contribution in [2.45, 2.75) is 154 Å². The smallest absolute Gasteiger partial charge is 0.200 e. The van der Waals surface area contributed by atoms with Crippen LogP contribution in [0.4, 0.5) is 17.6 Å². The molecule has 3 aliphatic rings. The molecule has 0 aromatic carbocycles. The van der Waals surface area contributed by atoms with E-state index < -0.39 is 23.7 Å². The Kier molecular flexibility index (Phi) is 11.1. The summed E-state index contributed by atoms with van der Waals surface area (Å²) in [4.78, 5) is 0. The Morgan fingerprint density at radius 3 is 1.18 bits per heavy atom. The van der Waals surface area contributed by atoms with E-state index in [1.54, 1.807) is 0 Å². The summed E-state index contributed by atoms with van der Waals surface area (Å²) in [7, 11) is 0. The van der Waals surface area contributed by atoms with Gasteiger partial charge in [0.05, 0.1) is 0 Å². The van der Waals surface area contributed by atoms with Gasteiger partial charge in [0.1, 0.15) is 0 Å². The van der Waals surface area contributed by atoms with Gasteiger partial charge in [-0.1, -0.05) is 78.1 Å². The van der Waals surface area contributed by atoms with Crippen LogP contribution in [-0.4, -0.2) is 11.8 Å². The van der Waals surface area contributed by atoms with E-state index in [9.17, 15) is 0 Å². The van der Waals surface area contributed by atoms with Crippen LogP contribution in [0, 0.1) is 35.5 Å². The molecule has 200 valence electrons. The lowest BCUT2D eigenvalue weighted by atomic mass is 9.66. The highest BCUT2D eigenvalue weighted by molar-refractivity contribution is 4.98. The average Bonchev–Trinajstić information content (AvgIpc) is 2.85. The van der Waals surface area contributed by atoms with Crippen molar-refractivity contribution in [3.05, 3.63) is 0 Å². The van der Waals surface area contributed by atoms with Crippen molar-refractivity contribution in [2.75, 3.05) is 0 Å². The van der Waals surface area contributed by atoms with Gasteiger partial charge in [-0.3, -0.25) is 0 Å². The van der Waals surface area contributed by atoms with Gasteiger partial charge in [0.2, 0.25) is 0 Å². The van der Waals surface area contributed by atoms with Crippen molar-refractivity contribution in [1.82, 2.24) is 0 Å². The Labute approximate surface area is 207 Å². The number of rotatable bonds is 12. The van der Waals surface area contributed by atoms with Crippen LogP contribution < -0.4 is 0 Å². The molecule has 34 heavy (non-hydrogen) atoms. The molecule has 3 rings (SSSR count). The standard InChI is InChI=1S/C30H52F4/c1-3-5-7-9-23-11-15-25(16-12-23)26-17-21-28(22-18-26)30(33,34)29(31,32)27-19-13-24(14-20-27)10-8-6-4-2/h23-28H,3-22H2,1-2H3. The number of hydrogen-bond donors (Lipinski definition) is 0. The van der Waals surface area contributed by atoms with E-state index >= 15 is 17.6 Å². The fourth-order valence-corrected chi connectivity index (χ4v) is 7.63. The third-order valence-electron chi connectivity index (χ3n) is 10.1. The third kappa shape index (κ3) is 7.15. The molecule has 0 radical (unpaired) electrons. The second-order valence-electron chi connectivity index (χ2n) is 12.3. The van der Waals surface area contributed by atoms with Crippen molar-refractivity contribution in [1.29, 1.82) is 0 Å². The molecule has 0 spiro atoms. The summed E-state index contributed by atoms with van der Waals surface area (Å²) in [6.07, 6.45) is 18.8. The Hall–Kier alpha value is -0.280. The van der Waals surface area contributed by atoms with Gasteiger partial charge in [-0.25, -0.2) is 0 Å². The number of unbranched alkanes of at least 4 members (excludes halogenated alkanes) is 4. The lowest BCUT2D eigenvalue weighted by molar-refractivity contribution is -0.270. The Morgan fingerprint density at radius 2 is 0.794 bits per heavy atom. The van der Waals surface area contributed by atoms with Crippen molar-refractivity contribution < 1.29 is 17.6 Å². The maximum absolute atomic E-state index is 15.2. The molecule has 4 heteroatoms. The molecule has 3 fully saturated rings. The zero-order chi connectivity index (χ0) is 24.6. The normalized spacial score (nSPS) is 33.7. The molecule has 3 saturated carbocycles. The minimum atomic E-state index is -3.85. The third-order valence-corrected chi connectivity index (χ3v) is 10.1. The van der Waals surface area contributed by atoms with Crippen molar-refractivity contribution in [2.24, 2.45) is 35.5 Å². The van der Waals surface area contributed by atoms with Crippen LogP contribution >= 0.6 is 0 Å². The zero-order valence-corrected chi connectivity index (χ0v) is 22.1. The first-order chi connectivity index (χ1) is 16.3. The van der Waals surface area contributed by atoms with Crippen LogP contribution in [0.5, 0.6) is 0 Å². The van der Waals surface area contributed by atoms with Crippen LogP contribution in [0.25, 0.3) is 0 Å². The number of halogens is 4. The quantitative estimate of drug-likeness (QED) is 0.189. The van der Waals surface area contributed by atoms with Crippen LogP contribution in [-0.2, 0) is 0 Å². The SMILES string of the molecule is CCCCCC1CCC(C2CCC(C(F)(F)C(F)(F)C3CCC(CCCCC)CC3)CC2)CC1. The molecule has 0 aliphatic heterocycles. The minimum Gasteiger partial charge on any atom is -0.200 e. The maximum Gasteiger partial charge on any atom is 0.313 e. The van der Waals surface area contributed by atoms with Gasteiger partial charge in [0.25, 0.3) is 0 Å². The molecule has 0 bridgehead atoms. The second-order valence-corrected chi connectivity index (χ2v) is 12.3. The van der Waals surface area contributed by atoms with E-state index in [4.69, 9.17) is 0 Å². The number of alkyl halides is 4. The molecular weight excluding hydrogens is 436 g/mol. The maximum atomic E-state index is 15.2. The highest BCUT2D eigenvalue weighted by Crippen LogP contribution is 2.54. The molecule has 0 saturated heterocycles. The summed E-state index contributed by atoms with van der Waals surface area (Å²) in [5.74, 6) is -7.54. The highest BCUT2D eigenvalue weighted by atomic mass is 19.3. The number of hydrogen-bond acceptors (Lipinski definition) is 0. The minimum absolute atomic E-state index is 0.274. The highest BCUT2D eigenvalue weighted by Gasteiger charge is 2.64. The van der Waals surface area contributed by atoms with Gasteiger partial charge in [-0.05, 0) is 87.9 Å². The monoisotopic (exact) mass is 488 g/mol. The zero-order valence-electron chi connectivity index (χ0n) is 22.1. The van der Waals surface area contributed by atoms with E-state index in [-0.39, 0.29) is 25.7 Å². The molecule has 0 amide bonds. The average molecular weight is 489 g/mol. The molecule has 0 aromatic heterocycles. The van der Waals surface area contributed by atoms with Crippen molar-refractivity contribution >= 4 is 0 Å². The summed E-state index contributed by atoms with van der Waals surface area (Å²) in [5.41, 5.74) is 0. The van der Waals surface area contributed by atoms with Crippen LogP contribution in [0.1, 0.15) is 142 Å². The van der Waals surface area contributed by atoms with Gasteiger partial charge in [0.15, 0.2) is 0 Å². The first-order valence-corrected chi connectivity index (χ1v) is 15.0. The predicted molar refractivity (Wildman–Crippen MR) is 135 cm³/mol. The largest absolute Gasteiger partial charge is 0.313 e. The van der Waals surface area contributed by atoms with Gasteiger partial charge in [-0.15, -0.1) is 0 Å². The first-order valence-electron chi connectivity index (χ1n) is 15.0. The van der Waals surface area contributed by atoms with Crippen molar-refractivity contribution in [3.63, 3.8) is 0 Å². The van der Waals surface area contributed by atoms with Gasteiger partial charge < -0.3 is 0 Å². The van der Waals surface area contributed by atoms with E-state index in [0.717, 1.165) is 38.0 Å².